The first-order valence-electron chi connectivity index (χ1n) is 5.23. The Kier molecular flexibility index (Phi) is 3.20. The summed E-state index contributed by atoms with van der Waals surface area (Å²) >= 11 is 5.74. The zero-order valence-corrected chi connectivity index (χ0v) is 10.7. The maximum Gasteiger partial charge on any atom is 0.258 e. The number of aryl methyl sites for hydroxylation is 2. The fourth-order valence-electron chi connectivity index (χ4n) is 1.55. The van der Waals surface area contributed by atoms with Gasteiger partial charge >= 0.3 is 0 Å². The highest BCUT2D eigenvalue weighted by molar-refractivity contribution is 6.30. The summed E-state index contributed by atoms with van der Waals surface area (Å²) in [6, 6.07) is 1.43. The molecular weight excluding hydrogens is 254 g/mol. The Hall–Kier alpha value is -2.08. The summed E-state index contributed by atoms with van der Waals surface area (Å²) in [5.41, 5.74) is 8.38. The van der Waals surface area contributed by atoms with Crippen LogP contribution in [0.15, 0.2) is 12.3 Å². The normalized spacial score (nSPS) is 10.4. The molecule has 0 saturated heterocycles. The number of nitrogens with zero attached hydrogens (tertiary/aromatic N) is 2. The minimum atomic E-state index is -0.343. The second kappa shape index (κ2) is 4.66. The molecule has 0 unspecified atom stereocenters. The van der Waals surface area contributed by atoms with Gasteiger partial charge in [0.25, 0.3) is 5.91 Å². The van der Waals surface area contributed by atoms with E-state index in [0.29, 0.717) is 11.4 Å². The number of H-pyrrole nitrogens is 1. The molecule has 94 valence electrons. The molecule has 18 heavy (non-hydrogen) atoms. The van der Waals surface area contributed by atoms with Crippen LogP contribution in [0.2, 0.25) is 5.15 Å². The van der Waals surface area contributed by atoms with E-state index in [2.05, 4.69) is 20.5 Å². The molecular formula is C11H12ClN5O. The molecule has 0 bridgehead atoms. The lowest BCUT2D eigenvalue weighted by molar-refractivity contribution is 0.102. The van der Waals surface area contributed by atoms with Crippen molar-refractivity contribution in [1.29, 1.82) is 0 Å². The van der Waals surface area contributed by atoms with Crippen molar-refractivity contribution in [2.24, 2.45) is 0 Å². The third-order valence-electron chi connectivity index (χ3n) is 2.51. The molecule has 0 aliphatic heterocycles. The molecule has 2 heterocycles. The van der Waals surface area contributed by atoms with Crippen molar-refractivity contribution < 1.29 is 4.79 Å². The predicted molar refractivity (Wildman–Crippen MR) is 69.7 cm³/mol. The minimum Gasteiger partial charge on any atom is -0.397 e. The van der Waals surface area contributed by atoms with Crippen molar-refractivity contribution in [2.75, 3.05) is 11.1 Å². The molecule has 6 nitrogen and oxygen atoms in total. The van der Waals surface area contributed by atoms with Crippen molar-refractivity contribution in [3.05, 3.63) is 34.4 Å². The van der Waals surface area contributed by atoms with E-state index in [1.807, 2.05) is 6.92 Å². The number of carbonyl (C=O) groups excluding carboxylic acids is 1. The molecule has 0 radical (unpaired) electrons. The number of carbonyl (C=O) groups is 1. The summed E-state index contributed by atoms with van der Waals surface area (Å²) in [5, 5.41) is 9.74. The Morgan fingerprint density at radius 1 is 1.50 bits per heavy atom. The van der Waals surface area contributed by atoms with Gasteiger partial charge in [0, 0.05) is 0 Å². The van der Waals surface area contributed by atoms with Crippen molar-refractivity contribution in [1.82, 2.24) is 15.2 Å². The molecule has 0 fully saturated rings. The number of aromatic amines is 1. The van der Waals surface area contributed by atoms with Crippen molar-refractivity contribution >= 4 is 28.9 Å². The Bertz CT molecular complexity index is 588. The molecule has 0 aliphatic rings. The molecule has 2 aromatic rings. The van der Waals surface area contributed by atoms with Crippen molar-refractivity contribution in [3.8, 4) is 0 Å². The number of hydrogen-bond donors (Lipinski definition) is 3. The SMILES string of the molecule is Cc1n[nH]c(C)c1NC(=O)c1cc(Cl)ncc1N. The highest BCUT2D eigenvalue weighted by Crippen LogP contribution is 2.20. The predicted octanol–water partition coefficient (Wildman–Crippen LogP) is 1.91. The van der Waals surface area contributed by atoms with E-state index in [0.717, 1.165) is 5.69 Å². The molecule has 4 N–H and O–H groups in total. The average molecular weight is 266 g/mol. The zero-order valence-electron chi connectivity index (χ0n) is 9.91. The summed E-state index contributed by atoms with van der Waals surface area (Å²) in [7, 11) is 0. The van der Waals surface area contributed by atoms with Gasteiger partial charge in [-0.25, -0.2) is 4.98 Å². The minimum absolute atomic E-state index is 0.218. The maximum atomic E-state index is 12.1. The number of anilines is 2. The van der Waals surface area contributed by atoms with Crippen LogP contribution in [0.1, 0.15) is 21.7 Å². The average Bonchev–Trinajstić information content (AvgIpc) is 2.64. The van der Waals surface area contributed by atoms with Gasteiger partial charge in [-0.3, -0.25) is 9.89 Å². The number of nitrogens with one attached hydrogen (secondary N) is 2. The Morgan fingerprint density at radius 2 is 2.22 bits per heavy atom. The molecule has 2 aromatic heterocycles. The molecule has 0 aliphatic carbocycles. The van der Waals surface area contributed by atoms with Crippen LogP contribution in [0.3, 0.4) is 0 Å². The molecule has 1 amide bonds. The van der Waals surface area contributed by atoms with Gasteiger partial charge in [0.1, 0.15) is 5.15 Å². The van der Waals surface area contributed by atoms with E-state index in [1.54, 1.807) is 6.92 Å². The molecule has 2 rings (SSSR count). The van der Waals surface area contributed by atoms with Gasteiger partial charge in [0.2, 0.25) is 0 Å². The number of nitrogens with two attached hydrogens (primary N) is 1. The summed E-state index contributed by atoms with van der Waals surface area (Å²) in [6.45, 7) is 3.61. The van der Waals surface area contributed by atoms with E-state index >= 15 is 0 Å². The van der Waals surface area contributed by atoms with E-state index in [4.69, 9.17) is 17.3 Å². The fourth-order valence-corrected chi connectivity index (χ4v) is 1.71. The van der Waals surface area contributed by atoms with Crippen LogP contribution >= 0.6 is 11.6 Å². The number of pyridine rings is 1. The Morgan fingerprint density at radius 3 is 2.83 bits per heavy atom. The fraction of sp³-hybridized carbons (Fsp3) is 0.182. The van der Waals surface area contributed by atoms with Gasteiger partial charge in [-0.2, -0.15) is 5.10 Å². The lowest BCUT2D eigenvalue weighted by Gasteiger charge is -2.07. The maximum absolute atomic E-state index is 12.1. The van der Waals surface area contributed by atoms with Crippen LogP contribution in [0.5, 0.6) is 0 Å². The van der Waals surface area contributed by atoms with Crippen LogP contribution in [0.25, 0.3) is 0 Å². The van der Waals surface area contributed by atoms with Gasteiger partial charge in [0.15, 0.2) is 0 Å². The van der Waals surface area contributed by atoms with Crippen LogP contribution < -0.4 is 11.1 Å². The first-order chi connectivity index (χ1) is 8.49. The van der Waals surface area contributed by atoms with Crippen LogP contribution in [-0.2, 0) is 0 Å². The van der Waals surface area contributed by atoms with Gasteiger partial charge in [-0.15, -0.1) is 0 Å². The lowest BCUT2D eigenvalue weighted by atomic mass is 10.2. The summed E-state index contributed by atoms with van der Waals surface area (Å²) in [4.78, 5) is 15.9. The zero-order chi connectivity index (χ0) is 13.3. The number of hydrogen-bond acceptors (Lipinski definition) is 4. The second-order valence-corrected chi connectivity index (χ2v) is 4.24. The number of halogens is 1. The van der Waals surface area contributed by atoms with Gasteiger partial charge in [-0.1, -0.05) is 11.6 Å². The smallest absolute Gasteiger partial charge is 0.258 e. The second-order valence-electron chi connectivity index (χ2n) is 3.86. The standard InChI is InChI=1S/C11H12ClN5O/c1-5-10(6(2)17-16-5)15-11(18)7-3-9(12)14-4-8(7)13/h3-4H,13H2,1-2H3,(H,15,18)(H,16,17). The highest BCUT2D eigenvalue weighted by Gasteiger charge is 2.15. The van der Waals surface area contributed by atoms with E-state index in [9.17, 15) is 4.79 Å². The van der Waals surface area contributed by atoms with Gasteiger partial charge in [-0.05, 0) is 19.9 Å². The number of amides is 1. The summed E-state index contributed by atoms with van der Waals surface area (Å²) in [6.07, 6.45) is 1.35. The first-order valence-corrected chi connectivity index (χ1v) is 5.60. The monoisotopic (exact) mass is 265 g/mol. The molecule has 0 aromatic carbocycles. The number of aromatic nitrogens is 3. The van der Waals surface area contributed by atoms with Crippen LogP contribution in [0.4, 0.5) is 11.4 Å². The lowest BCUT2D eigenvalue weighted by Crippen LogP contribution is -2.15. The van der Waals surface area contributed by atoms with Crippen molar-refractivity contribution in [3.63, 3.8) is 0 Å². The highest BCUT2D eigenvalue weighted by atomic mass is 35.5. The third-order valence-corrected chi connectivity index (χ3v) is 2.72. The Balaban J connectivity index is 2.30. The number of rotatable bonds is 2. The summed E-state index contributed by atoms with van der Waals surface area (Å²) in [5.74, 6) is -0.343. The third kappa shape index (κ3) is 2.28. The molecule has 0 saturated carbocycles. The van der Waals surface area contributed by atoms with E-state index < -0.39 is 0 Å². The largest absolute Gasteiger partial charge is 0.397 e. The molecule has 0 spiro atoms. The van der Waals surface area contributed by atoms with Gasteiger partial charge < -0.3 is 11.1 Å². The van der Waals surface area contributed by atoms with Gasteiger partial charge in [0.05, 0.1) is 34.5 Å². The van der Waals surface area contributed by atoms with Crippen molar-refractivity contribution in [2.45, 2.75) is 13.8 Å². The van der Waals surface area contributed by atoms with E-state index in [1.165, 1.54) is 12.3 Å². The number of nitrogen functional groups attached to an aromatic ring is 1. The molecule has 0 atom stereocenters. The first kappa shape index (κ1) is 12.4. The van der Waals surface area contributed by atoms with Crippen LogP contribution in [0, 0.1) is 13.8 Å². The van der Waals surface area contributed by atoms with E-state index in [-0.39, 0.29) is 22.3 Å². The quantitative estimate of drug-likeness (QED) is 0.723. The topological polar surface area (TPSA) is 96.7 Å². The van der Waals surface area contributed by atoms with Crippen LogP contribution in [-0.4, -0.2) is 21.1 Å². The molecule has 7 heteroatoms. The summed E-state index contributed by atoms with van der Waals surface area (Å²) < 4.78 is 0. The Labute approximate surface area is 109 Å².